The molecule has 0 spiro atoms. The van der Waals surface area contributed by atoms with Crippen LogP contribution < -0.4 is 0 Å². The van der Waals surface area contributed by atoms with Crippen LogP contribution in [0.3, 0.4) is 0 Å². The van der Waals surface area contributed by atoms with Crippen LogP contribution in [0.2, 0.25) is 0 Å². The average molecular weight is 699 g/mol. The molecule has 52 heavy (non-hydrogen) atoms. The number of nitrogens with one attached hydrogen (secondary N) is 2. The molecule has 2 aliphatic carbocycles. The lowest BCUT2D eigenvalue weighted by Gasteiger charge is -2.07. The van der Waals surface area contributed by atoms with Gasteiger partial charge in [0.1, 0.15) is 24.2 Å². The number of nitrogens with zero attached hydrogens (tertiary/aromatic N) is 8. The number of hydrogen-bond donors (Lipinski definition) is 2. The van der Waals surface area contributed by atoms with Crippen LogP contribution in [0.1, 0.15) is 63.0 Å². The highest BCUT2D eigenvalue weighted by Crippen LogP contribution is 2.34. The van der Waals surface area contributed by atoms with Gasteiger partial charge in [-0.05, 0) is 92.5 Å². The zero-order chi connectivity index (χ0) is 36.2. The van der Waals surface area contributed by atoms with E-state index in [9.17, 15) is 9.59 Å². The summed E-state index contributed by atoms with van der Waals surface area (Å²) in [6, 6.07) is 8.31. The molecule has 2 fully saturated rings. The van der Waals surface area contributed by atoms with Crippen molar-refractivity contribution < 1.29 is 11.0 Å². The number of rotatable bonds is 14. The van der Waals surface area contributed by atoms with Crippen LogP contribution in [0.25, 0.3) is 45.3 Å². The maximum atomic E-state index is 12.1. The van der Waals surface area contributed by atoms with Crippen molar-refractivity contribution in [3.8, 4) is 45.3 Å². The number of carbonyl (C=O) groups is 2. The van der Waals surface area contributed by atoms with E-state index in [1.165, 1.54) is 12.7 Å². The van der Waals surface area contributed by atoms with E-state index in [4.69, 9.17) is 0 Å². The predicted octanol–water partition coefficient (Wildman–Crippen LogP) is 7.17. The van der Waals surface area contributed by atoms with Gasteiger partial charge in [0.2, 0.25) is 0 Å². The highest BCUT2D eigenvalue weighted by atomic mass is 16.1. The molecule has 0 atom stereocenters. The first-order valence-corrected chi connectivity index (χ1v) is 18.0. The molecule has 6 aromatic heterocycles. The predicted molar refractivity (Wildman–Crippen MR) is 201 cm³/mol. The number of aromatic amines is 2. The first-order chi connectivity index (χ1) is 25.3. The molecule has 2 saturated carbocycles. The minimum atomic E-state index is 0. The fraction of sp³-hybridized carbons (Fsp3) is 0.350. The Bertz CT molecular complexity index is 2190. The summed E-state index contributed by atoms with van der Waals surface area (Å²) in [6.07, 6.45) is 18.8. The fourth-order valence-corrected chi connectivity index (χ4v) is 6.49. The number of allylic oxidation sites excluding steroid dienone is 1. The van der Waals surface area contributed by atoms with Crippen molar-refractivity contribution in [3.05, 3.63) is 96.9 Å². The molecule has 6 heterocycles. The molecule has 0 aromatic carbocycles. The van der Waals surface area contributed by atoms with Gasteiger partial charge in [0.25, 0.3) is 0 Å². The summed E-state index contributed by atoms with van der Waals surface area (Å²) >= 11 is 0. The van der Waals surface area contributed by atoms with E-state index >= 15 is 0 Å². The maximum absolute atomic E-state index is 12.1. The highest BCUT2D eigenvalue weighted by Gasteiger charge is 2.30. The normalized spacial score (nSPS) is 13.8. The second-order valence-corrected chi connectivity index (χ2v) is 13.8. The Kier molecular flexibility index (Phi) is 10.1. The molecule has 12 heteroatoms. The van der Waals surface area contributed by atoms with E-state index in [0.29, 0.717) is 36.8 Å². The lowest BCUT2D eigenvalue weighted by molar-refractivity contribution is -0.120. The van der Waals surface area contributed by atoms with Crippen molar-refractivity contribution in [1.29, 1.82) is 0 Å². The monoisotopic (exact) mass is 698 g/mol. The molecule has 2 aliphatic rings. The quantitative estimate of drug-likeness (QED) is 0.114. The van der Waals surface area contributed by atoms with Crippen molar-refractivity contribution >= 4 is 11.6 Å². The molecule has 2 N–H and O–H groups in total. The summed E-state index contributed by atoms with van der Waals surface area (Å²) in [7, 11) is 0. The number of hydrogen-bond acceptors (Lipinski definition) is 8. The first-order valence-electron chi connectivity index (χ1n) is 18.0. The van der Waals surface area contributed by atoms with Crippen molar-refractivity contribution in [2.24, 2.45) is 11.8 Å². The number of aromatic nitrogens is 10. The van der Waals surface area contributed by atoms with E-state index in [1.807, 2.05) is 31.5 Å². The van der Waals surface area contributed by atoms with E-state index in [2.05, 4.69) is 100 Å². The summed E-state index contributed by atoms with van der Waals surface area (Å²) in [4.78, 5) is 41.8. The third-order valence-corrected chi connectivity index (χ3v) is 9.62. The smallest absolute Gasteiger partial charge is 0.172 e. The second-order valence-electron chi connectivity index (χ2n) is 13.8. The van der Waals surface area contributed by atoms with Crippen LogP contribution in [0.15, 0.2) is 74.4 Å². The average Bonchev–Trinajstić information content (AvgIpc) is 3.92. The van der Waals surface area contributed by atoms with Gasteiger partial charge >= 0.3 is 0 Å². The zero-order valence-corrected chi connectivity index (χ0v) is 30.0. The molecule has 0 bridgehead atoms. The van der Waals surface area contributed by atoms with Gasteiger partial charge < -0.3 is 9.13 Å². The number of Topliss-reactive ketones (excluding diaryl/α,β-unsaturated/α-hetero) is 2. The SMILES string of the molecule is C=CCn1cc(-c2cc(CC(=O)C3CC3)ncc2C)cc1-c1ncn[nH]1.CCCn1cc(-c2cc(CC(=O)C3CC3)ncc2C)cc1-c1ncn[nH]1.[HH]. The topological polar surface area (TPSA) is 153 Å². The Morgan fingerprint density at radius 2 is 1.25 bits per heavy atom. The summed E-state index contributed by atoms with van der Waals surface area (Å²) in [5.41, 5.74) is 10.2. The molecule has 0 unspecified atom stereocenters. The third kappa shape index (κ3) is 7.91. The largest absolute Gasteiger partial charge is 0.344 e. The van der Waals surface area contributed by atoms with E-state index < -0.39 is 0 Å². The molecule has 0 saturated heterocycles. The van der Waals surface area contributed by atoms with Crippen LogP contribution in [-0.4, -0.2) is 61.0 Å². The second kappa shape index (κ2) is 15.2. The number of H-pyrrole nitrogens is 2. The lowest BCUT2D eigenvalue weighted by atomic mass is 10.0. The van der Waals surface area contributed by atoms with Gasteiger partial charge in [0, 0.05) is 86.5 Å². The van der Waals surface area contributed by atoms with Gasteiger partial charge in [-0.3, -0.25) is 29.8 Å². The van der Waals surface area contributed by atoms with E-state index in [-0.39, 0.29) is 13.3 Å². The Labute approximate surface area is 304 Å². The fourth-order valence-electron chi connectivity index (χ4n) is 6.49. The molecule has 268 valence electrons. The van der Waals surface area contributed by atoms with Gasteiger partial charge in [-0.2, -0.15) is 10.2 Å². The van der Waals surface area contributed by atoms with Gasteiger partial charge in [-0.1, -0.05) is 13.0 Å². The lowest BCUT2D eigenvalue weighted by Crippen LogP contribution is -2.06. The minimum absolute atomic E-state index is 0. The number of pyridine rings is 2. The summed E-state index contributed by atoms with van der Waals surface area (Å²) < 4.78 is 4.28. The Hall–Kier alpha value is -5.78. The minimum Gasteiger partial charge on any atom is -0.344 e. The van der Waals surface area contributed by atoms with Crippen molar-refractivity contribution in [3.63, 3.8) is 0 Å². The van der Waals surface area contributed by atoms with Crippen LogP contribution in [-0.2, 0) is 35.5 Å². The highest BCUT2D eigenvalue weighted by molar-refractivity contribution is 5.86. The van der Waals surface area contributed by atoms with Gasteiger partial charge in [-0.15, -0.1) is 6.58 Å². The summed E-state index contributed by atoms with van der Waals surface area (Å²) in [5, 5.41) is 13.8. The Balaban J connectivity index is 0.000000178. The molecule has 12 nitrogen and oxygen atoms in total. The van der Waals surface area contributed by atoms with Crippen LogP contribution in [0, 0.1) is 25.7 Å². The molecule has 6 aromatic rings. The van der Waals surface area contributed by atoms with Gasteiger partial charge in [0.15, 0.2) is 11.6 Å². The molecule has 0 radical (unpaired) electrons. The third-order valence-electron chi connectivity index (χ3n) is 9.62. The van der Waals surface area contributed by atoms with Crippen molar-refractivity contribution in [2.75, 3.05) is 0 Å². The first kappa shape index (κ1) is 34.7. The van der Waals surface area contributed by atoms with E-state index in [1.54, 1.807) is 0 Å². The molecule has 8 rings (SSSR count). The zero-order valence-electron chi connectivity index (χ0n) is 30.0. The molecule has 0 aliphatic heterocycles. The van der Waals surface area contributed by atoms with Crippen LogP contribution in [0.4, 0.5) is 0 Å². The maximum Gasteiger partial charge on any atom is 0.172 e. The number of ketones is 2. The number of carbonyl (C=O) groups excluding carboxylic acids is 2. The Morgan fingerprint density at radius 1 is 0.769 bits per heavy atom. The van der Waals surface area contributed by atoms with Crippen molar-refractivity contribution in [2.45, 2.75) is 78.8 Å². The van der Waals surface area contributed by atoms with E-state index in [0.717, 1.165) is 101 Å². The van der Waals surface area contributed by atoms with Gasteiger partial charge in [0.05, 0.1) is 11.4 Å². The van der Waals surface area contributed by atoms with Gasteiger partial charge in [-0.25, -0.2) is 9.97 Å². The standard InChI is InChI=1S/C20H23N5O.C20H21N5O.H2/c2*1-3-6-25-11-15(7-18(25)20-22-12-23-24-20)17-8-16(21-10-13(17)2)9-19(26)14-4-5-14;/h7-8,10-12,14H,3-6,9H2,1-2H3,(H,22,23,24);3,7-8,10-12,14H,1,4-6,9H2,2H3,(H,22,23,24);1H. The van der Waals surface area contributed by atoms with Crippen molar-refractivity contribution in [1.82, 2.24) is 49.5 Å². The summed E-state index contributed by atoms with van der Waals surface area (Å²) in [5.74, 6) is 2.63. The molecule has 0 amide bonds. The molecular weight excluding hydrogens is 653 g/mol. The summed E-state index contributed by atoms with van der Waals surface area (Å²) in [6.45, 7) is 11.7. The van der Waals surface area contributed by atoms with Crippen LogP contribution in [0.5, 0.6) is 0 Å². The van der Waals surface area contributed by atoms with Crippen LogP contribution >= 0.6 is 0 Å². The molecular formula is C40H46N10O2. The Morgan fingerprint density at radius 3 is 1.67 bits per heavy atom. The number of aryl methyl sites for hydroxylation is 3.